The second-order valence-electron chi connectivity index (χ2n) is 3.67. The molecule has 0 saturated carbocycles. The second kappa shape index (κ2) is 5.20. The zero-order chi connectivity index (χ0) is 10.2. The minimum absolute atomic E-state index is 0. The number of ether oxygens (including phenoxy) is 2. The molecule has 0 aromatic carbocycles. The fourth-order valence-corrected chi connectivity index (χ4v) is 1.88. The Bertz CT molecular complexity index is 261. The van der Waals surface area contributed by atoms with Crippen LogP contribution in [0, 0.1) is 0 Å². The number of rotatable bonds is 1. The van der Waals surface area contributed by atoms with E-state index in [1.807, 2.05) is 0 Å². The van der Waals surface area contributed by atoms with Crippen LogP contribution in [0.3, 0.4) is 0 Å². The van der Waals surface area contributed by atoms with Gasteiger partial charge in [-0.3, -0.25) is 0 Å². The molecule has 0 aromatic rings. The van der Waals surface area contributed by atoms with Gasteiger partial charge in [-0.15, -0.1) is 11.5 Å². The summed E-state index contributed by atoms with van der Waals surface area (Å²) in [6.45, 7) is -3.84. The minimum Gasteiger partial charge on any atom is -0.445 e. The van der Waals surface area contributed by atoms with E-state index in [-0.39, 0.29) is 64.2 Å². The molecule has 15 heavy (non-hydrogen) atoms. The van der Waals surface area contributed by atoms with Crippen LogP contribution in [-0.4, -0.2) is 26.0 Å². The molecule has 1 fully saturated rings. The fourth-order valence-electron chi connectivity index (χ4n) is 1.88. The summed E-state index contributed by atoms with van der Waals surface area (Å²) in [6.07, 6.45) is 1.78. The molecule has 7 heteroatoms. The quantitative estimate of drug-likeness (QED) is 0.566. The number of hydrogen-bond donors (Lipinski definition) is 0. The largest absolute Gasteiger partial charge is 1.00 e. The Balaban J connectivity index is 0.00000112. The van der Waals surface area contributed by atoms with Gasteiger partial charge in [-0.05, 0) is 0 Å². The van der Waals surface area contributed by atoms with Gasteiger partial charge in [0.2, 0.25) is 0 Å². The molecule has 0 aromatic heterocycles. The second-order valence-corrected chi connectivity index (χ2v) is 3.67. The first kappa shape index (κ1) is 14.2. The smallest absolute Gasteiger partial charge is 0.445 e. The Morgan fingerprint density at radius 1 is 1.20 bits per heavy atom. The molecule has 1 aliphatic heterocycles. The number of halogens is 3. The molecular weight excluding hydrogens is 235 g/mol. The molecule has 1 aliphatic carbocycles. The topological polar surface area (TPSA) is 18.5 Å². The Kier molecular flexibility index (Phi) is 4.93. The van der Waals surface area contributed by atoms with Gasteiger partial charge in [-0.2, -0.15) is 0 Å². The predicted molar refractivity (Wildman–Crippen MR) is 45.6 cm³/mol. The van der Waals surface area contributed by atoms with Crippen LogP contribution in [0.1, 0.15) is 19.3 Å². The van der Waals surface area contributed by atoms with Crippen molar-refractivity contribution < 1.29 is 73.8 Å². The van der Waals surface area contributed by atoms with Gasteiger partial charge in [0.05, 0.1) is 13.2 Å². The Labute approximate surface area is 129 Å². The molecule has 2 aliphatic rings. The third-order valence-corrected chi connectivity index (χ3v) is 2.70. The molecule has 0 bridgehead atoms. The fraction of sp³-hybridized carbons (Fsp3) is 0.750. The van der Waals surface area contributed by atoms with Gasteiger partial charge >= 0.3 is 58.4 Å². The zero-order valence-corrected chi connectivity index (χ0v) is 11.8. The summed E-state index contributed by atoms with van der Waals surface area (Å²) < 4.78 is 47.6. The third kappa shape index (κ3) is 3.31. The van der Waals surface area contributed by atoms with Gasteiger partial charge in [-0.25, -0.2) is 0 Å². The maximum absolute atomic E-state index is 12.3. The van der Waals surface area contributed by atoms with E-state index < -0.39 is 18.2 Å². The van der Waals surface area contributed by atoms with Gasteiger partial charge in [0.25, 0.3) is 0 Å². The van der Waals surface area contributed by atoms with Crippen molar-refractivity contribution in [2.24, 2.45) is 0 Å². The van der Waals surface area contributed by atoms with Crippen molar-refractivity contribution in [3.63, 3.8) is 0 Å². The van der Waals surface area contributed by atoms with Crippen molar-refractivity contribution in [2.75, 3.05) is 13.2 Å². The molecular formula is C8H11BF3KO2. The van der Waals surface area contributed by atoms with Crippen molar-refractivity contribution in [1.29, 1.82) is 0 Å². The summed E-state index contributed by atoms with van der Waals surface area (Å²) in [5.41, 5.74) is -0.394. The van der Waals surface area contributed by atoms with Crippen LogP contribution >= 0.6 is 0 Å². The molecule has 1 saturated heterocycles. The molecule has 2 rings (SSSR count). The van der Waals surface area contributed by atoms with Crippen molar-refractivity contribution in [3.05, 3.63) is 11.5 Å². The molecule has 0 N–H and O–H groups in total. The number of hydrogen-bond acceptors (Lipinski definition) is 2. The number of allylic oxidation sites excluding steroid dienone is 1. The molecule has 1 heterocycles. The van der Waals surface area contributed by atoms with E-state index in [9.17, 15) is 12.9 Å². The molecule has 0 unspecified atom stereocenters. The van der Waals surface area contributed by atoms with Crippen molar-refractivity contribution >= 4 is 6.98 Å². The predicted octanol–water partition coefficient (Wildman–Crippen LogP) is -0.770. The van der Waals surface area contributed by atoms with E-state index in [0.29, 0.717) is 19.6 Å². The first-order chi connectivity index (χ1) is 6.52. The average molecular weight is 246 g/mol. The molecule has 0 atom stereocenters. The third-order valence-electron chi connectivity index (χ3n) is 2.70. The van der Waals surface area contributed by atoms with Gasteiger partial charge in [0.1, 0.15) is 0 Å². The van der Waals surface area contributed by atoms with Crippen LogP contribution < -0.4 is 51.4 Å². The molecule has 80 valence electrons. The summed E-state index contributed by atoms with van der Waals surface area (Å²) in [5, 5.41) is 0. The first-order valence-electron chi connectivity index (χ1n) is 4.69. The Morgan fingerprint density at radius 2 is 1.80 bits per heavy atom. The molecule has 0 amide bonds. The Hall–Kier alpha value is 1.15. The van der Waals surface area contributed by atoms with Crippen LogP contribution in [0.15, 0.2) is 11.5 Å². The van der Waals surface area contributed by atoms with E-state index in [4.69, 9.17) is 9.47 Å². The van der Waals surface area contributed by atoms with E-state index in [1.165, 1.54) is 6.08 Å². The van der Waals surface area contributed by atoms with E-state index in [1.54, 1.807) is 0 Å². The van der Waals surface area contributed by atoms with Crippen LogP contribution in [0.5, 0.6) is 0 Å². The van der Waals surface area contributed by atoms with Gasteiger partial charge in [0, 0.05) is 12.8 Å². The maximum atomic E-state index is 12.3. The van der Waals surface area contributed by atoms with Crippen molar-refractivity contribution in [1.82, 2.24) is 0 Å². The van der Waals surface area contributed by atoms with Gasteiger partial charge in [-0.1, -0.05) is 6.42 Å². The standard InChI is InChI=1S/C8H11BF3O2.K/c10-9(11,12)7-1-3-8(4-2-7)13-5-6-14-8;/h1H,2-6H2;/q-1;+1. The minimum atomic E-state index is -4.82. The SMILES string of the molecule is F[B-](F)(F)C1=CCC2(CC1)OCCO2.[K+]. The summed E-state index contributed by atoms with van der Waals surface area (Å²) in [4.78, 5) is 0. The van der Waals surface area contributed by atoms with Gasteiger partial charge in [0.15, 0.2) is 5.79 Å². The summed E-state index contributed by atoms with van der Waals surface area (Å²) in [6, 6.07) is 0. The van der Waals surface area contributed by atoms with Crippen molar-refractivity contribution in [3.8, 4) is 0 Å². The van der Waals surface area contributed by atoms with Crippen LogP contribution in [0.2, 0.25) is 0 Å². The first-order valence-corrected chi connectivity index (χ1v) is 4.69. The van der Waals surface area contributed by atoms with E-state index >= 15 is 0 Å². The Morgan fingerprint density at radius 3 is 2.20 bits per heavy atom. The van der Waals surface area contributed by atoms with Crippen LogP contribution in [-0.2, 0) is 9.47 Å². The normalized spacial score (nSPS) is 24.9. The van der Waals surface area contributed by atoms with Crippen LogP contribution in [0.25, 0.3) is 0 Å². The average Bonchev–Trinajstić information content (AvgIpc) is 2.53. The van der Waals surface area contributed by atoms with E-state index in [2.05, 4.69) is 0 Å². The van der Waals surface area contributed by atoms with Gasteiger partial charge < -0.3 is 22.4 Å². The molecule has 1 spiro atoms. The molecule has 0 radical (unpaired) electrons. The molecule has 2 nitrogen and oxygen atoms in total. The maximum Gasteiger partial charge on any atom is 1.00 e. The van der Waals surface area contributed by atoms with E-state index in [0.717, 1.165) is 0 Å². The summed E-state index contributed by atoms with van der Waals surface area (Å²) >= 11 is 0. The summed E-state index contributed by atoms with van der Waals surface area (Å²) in [5.74, 6) is -0.745. The monoisotopic (exact) mass is 246 g/mol. The van der Waals surface area contributed by atoms with Crippen LogP contribution in [0.4, 0.5) is 12.9 Å². The zero-order valence-electron chi connectivity index (χ0n) is 8.64. The van der Waals surface area contributed by atoms with Crippen molar-refractivity contribution in [2.45, 2.75) is 25.0 Å². The summed E-state index contributed by atoms with van der Waals surface area (Å²) in [7, 11) is 0.